The number of nitrogens with zero attached hydrogens (tertiary/aromatic N) is 2. The van der Waals surface area contributed by atoms with Crippen LogP contribution in [0.5, 0.6) is 0 Å². The van der Waals surface area contributed by atoms with E-state index in [9.17, 15) is 18.0 Å². The molecule has 1 aliphatic rings. The van der Waals surface area contributed by atoms with Gasteiger partial charge in [-0.05, 0) is 57.9 Å². The van der Waals surface area contributed by atoms with Crippen LogP contribution >= 0.6 is 0 Å². The number of ether oxygens (including phenoxy) is 1. The number of amides is 1. The molecular weight excluding hydrogens is 472 g/mol. The zero-order chi connectivity index (χ0) is 25.2. The summed E-state index contributed by atoms with van der Waals surface area (Å²) in [6.45, 7) is 5.43. The Kier molecular flexibility index (Phi) is 7.08. The van der Waals surface area contributed by atoms with Crippen LogP contribution in [0.3, 0.4) is 0 Å². The number of aryl methyl sites for hydroxylation is 2. The number of H-pyrrole nitrogens is 1. The van der Waals surface area contributed by atoms with Crippen molar-refractivity contribution in [3.63, 3.8) is 0 Å². The summed E-state index contributed by atoms with van der Waals surface area (Å²) in [6.07, 6.45) is 2.31. The fourth-order valence-electron chi connectivity index (χ4n) is 4.34. The van der Waals surface area contributed by atoms with Crippen molar-refractivity contribution in [3.8, 4) is 11.3 Å². The minimum Gasteiger partial charge on any atom is -0.462 e. The average molecular weight is 501 g/mol. The van der Waals surface area contributed by atoms with Crippen LogP contribution in [0.25, 0.3) is 11.3 Å². The third-order valence-corrected chi connectivity index (χ3v) is 8.17. The first-order chi connectivity index (χ1) is 16.7. The van der Waals surface area contributed by atoms with Crippen molar-refractivity contribution in [3.05, 3.63) is 53.5 Å². The third kappa shape index (κ3) is 5.01. The number of anilines is 1. The van der Waals surface area contributed by atoms with Gasteiger partial charge in [0.15, 0.2) is 5.76 Å². The highest BCUT2D eigenvalue weighted by Crippen LogP contribution is 2.31. The molecule has 0 spiro atoms. The number of aromatic nitrogens is 2. The van der Waals surface area contributed by atoms with Gasteiger partial charge in [0, 0.05) is 47.7 Å². The summed E-state index contributed by atoms with van der Waals surface area (Å²) in [5.41, 5.74) is 2.36. The second-order valence-electron chi connectivity index (χ2n) is 8.42. The second kappa shape index (κ2) is 10.0. The summed E-state index contributed by atoms with van der Waals surface area (Å²) in [5, 5.41) is 6.59. The molecule has 1 saturated heterocycles. The van der Waals surface area contributed by atoms with E-state index in [0.717, 1.165) is 5.56 Å². The molecule has 4 rings (SSSR count). The van der Waals surface area contributed by atoms with Crippen molar-refractivity contribution in [2.24, 2.45) is 5.92 Å². The van der Waals surface area contributed by atoms with Gasteiger partial charge in [0.2, 0.25) is 15.9 Å². The van der Waals surface area contributed by atoms with Crippen molar-refractivity contribution in [1.29, 1.82) is 0 Å². The first-order valence-electron chi connectivity index (χ1n) is 11.4. The van der Waals surface area contributed by atoms with Crippen LogP contribution in [0, 0.1) is 19.8 Å². The van der Waals surface area contributed by atoms with Gasteiger partial charge in [-0.2, -0.15) is 4.31 Å². The van der Waals surface area contributed by atoms with Crippen LogP contribution in [0.2, 0.25) is 0 Å². The lowest BCUT2D eigenvalue weighted by molar-refractivity contribution is -0.120. The van der Waals surface area contributed by atoms with Crippen molar-refractivity contribution in [2.75, 3.05) is 25.0 Å². The van der Waals surface area contributed by atoms with E-state index in [1.807, 2.05) is 12.1 Å². The highest BCUT2D eigenvalue weighted by molar-refractivity contribution is 7.89. The molecule has 35 heavy (non-hydrogen) atoms. The molecule has 1 aromatic carbocycles. The number of esters is 1. The standard InChI is InChI=1S/C24H28N4O6S/c1-4-33-24(30)21-15(2)26-16(3)22(21)35(31,32)28-13-10-18(11-14-28)23(29)27-19-7-5-17(6-8-19)20-9-12-25-34-20/h5-9,12,18,26H,4,10-11,13-14H2,1-3H3,(H,27,29). The van der Waals surface area contributed by atoms with E-state index in [1.165, 1.54) is 4.31 Å². The Hall–Kier alpha value is -3.44. The topological polar surface area (TPSA) is 135 Å². The first kappa shape index (κ1) is 24.7. The molecular formula is C24H28N4O6S. The minimum atomic E-state index is -3.94. The van der Waals surface area contributed by atoms with Crippen LogP contribution in [0.1, 0.15) is 41.5 Å². The van der Waals surface area contributed by atoms with E-state index < -0.39 is 16.0 Å². The Bertz CT molecular complexity index is 1300. The van der Waals surface area contributed by atoms with Crippen LogP contribution in [-0.4, -0.2) is 54.4 Å². The van der Waals surface area contributed by atoms with E-state index in [2.05, 4.69) is 15.5 Å². The van der Waals surface area contributed by atoms with Crippen LogP contribution < -0.4 is 5.32 Å². The fourth-order valence-corrected chi connectivity index (χ4v) is 6.23. The number of piperidine rings is 1. The number of hydrogen-bond donors (Lipinski definition) is 2. The Labute approximate surface area is 203 Å². The number of benzene rings is 1. The number of carbonyl (C=O) groups is 2. The van der Waals surface area contributed by atoms with Gasteiger partial charge in [-0.1, -0.05) is 5.16 Å². The van der Waals surface area contributed by atoms with E-state index in [-0.39, 0.29) is 42.0 Å². The van der Waals surface area contributed by atoms with Crippen molar-refractivity contribution in [2.45, 2.75) is 38.5 Å². The largest absolute Gasteiger partial charge is 0.462 e. The molecule has 3 aromatic rings. The number of aromatic amines is 1. The maximum absolute atomic E-state index is 13.4. The SMILES string of the molecule is CCOC(=O)c1c(C)[nH]c(C)c1S(=O)(=O)N1CCC(C(=O)Nc2ccc(-c3ccno3)cc2)CC1. The molecule has 0 unspecified atom stereocenters. The Balaban J connectivity index is 1.41. The van der Waals surface area contributed by atoms with Crippen LogP contribution in [-0.2, 0) is 19.6 Å². The van der Waals surface area contributed by atoms with Gasteiger partial charge in [0.1, 0.15) is 10.5 Å². The fraction of sp³-hybridized carbons (Fsp3) is 0.375. The lowest BCUT2D eigenvalue weighted by atomic mass is 9.97. The van der Waals surface area contributed by atoms with E-state index in [1.54, 1.807) is 45.2 Å². The van der Waals surface area contributed by atoms with Gasteiger partial charge in [0.25, 0.3) is 0 Å². The van der Waals surface area contributed by atoms with Crippen molar-refractivity contribution < 1.29 is 27.3 Å². The molecule has 2 N–H and O–H groups in total. The molecule has 0 aliphatic carbocycles. The van der Waals surface area contributed by atoms with E-state index in [4.69, 9.17) is 9.26 Å². The van der Waals surface area contributed by atoms with E-state index >= 15 is 0 Å². The number of rotatable bonds is 7. The highest BCUT2D eigenvalue weighted by atomic mass is 32.2. The summed E-state index contributed by atoms with van der Waals surface area (Å²) in [4.78, 5) is 28.1. The van der Waals surface area contributed by atoms with Crippen LogP contribution in [0.15, 0.2) is 45.9 Å². The molecule has 1 amide bonds. The van der Waals surface area contributed by atoms with Crippen molar-refractivity contribution >= 4 is 27.6 Å². The summed E-state index contributed by atoms with van der Waals surface area (Å²) in [7, 11) is -3.94. The summed E-state index contributed by atoms with van der Waals surface area (Å²) >= 11 is 0. The number of sulfonamides is 1. The van der Waals surface area contributed by atoms with E-state index in [0.29, 0.717) is 35.7 Å². The Morgan fingerprint density at radius 1 is 1.14 bits per heavy atom. The van der Waals surface area contributed by atoms with Gasteiger partial charge in [-0.25, -0.2) is 13.2 Å². The molecule has 2 aromatic heterocycles. The van der Waals surface area contributed by atoms with Gasteiger partial charge < -0.3 is 19.6 Å². The summed E-state index contributed by atoms with van der Waals surface area (Å²) < 4.78 is 38.4. The predicted octanol–water partition coefficient (Wildman–Crippen LogP) is 3.50. The predicted molar refractivity (Wildman–Crippen MR) is 128 cm³/mol. The number of hydrogen-bond acceptors (Lipinski definition) is 7. The first-order valence-corrected chi connectivity index (χ1v) is 12.8. The molecule has 10 nitrogen and oxygen atoms in total. The maximum Gasteiger partial charge on any atom is 0.341 e. The molecule has 3 heterocycles. The molecule has 0 bridgehead atoms. The average Bonchev–Trinajstić information content (AvgIpc) is 3.47. The zero-order valence-corrected chi connectivity index (χ0v) is 20.6. The lowest BCUT2D eigenvalue weighted by Gasteiger charge is -2.30. The van der Waals surface area contributed by atoms with Gasteiger partial charge in [-0.3, -0.25) is 4.79 Å². The molecule has 0 radical (unpaired) electrons. The normalized spacial score (nSPS) is 15.2. The molecule has 186 valence electrons. The lowest BCUT2D eigenvalue weighted by Crippen LogP contribution is -2.41. The molecule has 11 heteroatoms. The summed E-state index contributed by atoms with van der Waals surface area (Å²) in [5.74, 6) is -0.517. The van der Waals surface area contributed by atoms with Crippen molar-refractivity contribution in [1.82, 2.24) is 14.4 Å². The van der Waals surface area contributed by atoms with Gasteiger partial charge in [-0.15, -0.1) is 0 Å². The smallest absolute Gasteiger partial charge is 0.341 e. The number of nitrogens with one attached hydrogen (secondary N) is 2. The Morgan fingerprint density at radius 2 is 1.83 bits per heavy atom. The monoisotopic (exact) mass is 500 g/mol. The van der Waals surface area contributed by atoms with Crippen LogP contribution in [0.4, 0.5) is 5.69 Å². The maximum atomic E-state index is 13.4. The summed E-state index contributed by atoms with van der Waals surface area (Å²) in [6, 6.07) is 8.97. The third-order valence-electron chi connectivity index (χ3n) is 6.09. The molecule has 0 saturated carbocycles. The van der Waals surface area contributed by atoms with Gasteiger partial charge >= 0.3 is 5.97 Å². The quantitative estimate of drug-likeness (QED) is 0.474. The zero-order valence-electron chi connectivity index (χ0n) is 19.8. The molecule has 1 fully saturated rings. The second-order valence-corrected chi connectivity index (χ2v) is 10.3. The minimum absolute atomic E-state index is 0.0398. The molecule has 0 atom stereocenters. The Morgan fingerprint density at radius 3 is 2.43 bits per heavy atom. The van der Waals surface area contributed by atoms with Gasteiger partial charge in [0.05, 0.1) is 12.8 Å². The molecule has 1 aliphatic heterocycles. The number of carbonyl (C=O) groups excluding carboxylic acids is 2. The highest BCUT2D eigenvalue weighted by Gasteiger charge is 2.37.